The second kappa shape index (κ2) is 2.76. The van der Waals surface area contributed by atoms with Gasteiger partial charge >= 0.3 is 0 Å². The van der Waals surface area contributed by atoms with E-state index in [2.05, 4.69) is 11.9 Å². The lowest BCUT2D eigenvalue weighted by Gasteiger charge is -2.27. The van der Waals surface area contributed by atoms with E-state index in [1.165, 1.54) is 19.5 Å². The SMILES string of the molecule is CN1C[C@@H]2CC[C@@H](O)C[C@H]2C1. The summed E-state index contributed by atoms with van der Waals surface area (Å²) in [6, 6.07) is 0. The summed E-state index contributed by atoms with van der Waals surface area (Å²) in [6.45, 7) is 2.47. The predicted octanol–water partition coefficient (Wildman–Crippen LogP) is 0.709. The zero-order chi connectivity index (χ0) is 7.84. The number of aliphatic hydroxyl groups excluding tert-OH is 1. The van der Waals surface area contributed by atoms with Crippen LogP contribution in [-0.4, -0.2) is 36.2 Å². The molecule has 64 valence electrons. The van der Waals surface area contributed by atoms with Gasteiger partial charge in [0.1, 0.15) is 0 Å². The number of nitrogens with zero attached hydrogens (tertiary/aromatic N) is 1. The summed E-state index contributed by atoms with van der Waals surface area (Å²) in [5, 5.41) is 9.42. The lowest BCUT2D eigenvalue weighted by Crippen LogP contribution is -2.26. The van der Waals surface area contributed by atoms with Crippen LogP contribution in [-0.2, 0) is 0 Å². The molecule has 0 aromatic rings. The molecule has 0 bridgehead atoms. The minimum absolute atomic E-state index is 0.00255. The van der Waals surface area contributed by atoms with Crippen molar-refractivity contribution < 1.29 is 5.11 Å². The highest BCUT2D eigenvalue weighted by atomic mass is 16.3. The van der Waals surface area contributed by atoms with Crippen molar-refractivity contribution in [2.24, 2.45) is 11.8 Å². The Morgan fingerprint density at radius 1 is 1.18 bits per heavy atom. The van der Waals surface area contributed by atoms with Gasteiger partial charge in [-0.15, -0.1) is 0 Å². The van der Waals surface area contributed by atoms with Gasteiger partial charge in [0.2, 0.25) is 0 Å². The Morgan fingerprint density at radius 2 is 1.91 bits per heavy atom. The number of fused-ring (bicyclic) bond motifs is 1. The molecule has 2 rings (SSSR count). The van der Waals surface area contributed by atoms with Crippen LogP contribution in [0, 0.1) is 11.8 Å². The van der Waals surface area contributed by atoms with Crippen LogP contribution in [0.2, 0.25) is 0 Å². The molecule has 1 aliphatic heterocycles. The first-order chi connectivity index (χ1) is 5.25. The Labute approximate surface area is 68.2 Å². The van der Waals surface area contributed by atoms with E-state index in [1.54, 1.807) is 0 Å². The monoisotopic (exact) mass is 155 g/mol. The number of aliphatic hydroxyl groups is 1. The molecule has 0 unspecified atom stereocenters. The average molecular weight is 155 g/mol. The van der Waals surface area contributed by atoms with E-state index in [0.717, 1.165) is 24.7 Å². The first-order valence-corrected chi connectivity index (χ1v) is 4.62. The van der Waals surface area contributed by atoms with Gasteiger partial charge in [-0.05, 0) is 38.1 Å². The third-order valence-corrected chi connectivity index (χ3v) is 3.20. The van der Waals surface area contributed by atoms with Crippen molar-refractivity contribution in [3.05, 3.63) is 0 Å². The highest BCUT2D eigenvalue weighted by Gasteiger charge is 2.35. The van der Waals surface area contributed by atoms with Crippen LogP contribution in [0.1, 0.15) is 19.3 Å². The fraction of sp³-hybridized carbons (Fsp3) is 1.00. The number of rotatable bonds is 0. The lowest BCUT2D eigenvalue weighted by molar-refractivity contribution is 0.0866. The highest BCUT2D eigenvalue weighted by molar-refractivity contribution is 4.87. The van der Waals surface area contributed by atoms with Crippen LogP contribution in [0.25, 0.3) is 0 Å². The largest absolute Gasteiger partial charge is 0.393 e. The molecule has 2 heteroatoms. The summed E-state index contributed by atoms with van der Waals surface area (Å²) < 4.78 is 0. The quantitative estimate of drug-likeness (QED) is 0.557. The molecular weight excluding hydrogens is 138 g/mol. The topological polar surface area (TPSA) is 23.5 Å². The van der Waals surface area contributed by atoms with Crippen molar-refractivity contribution in [1.82, 2.24) is 4.90 Å². The number of hydrogen-bond donors (Lipinski definition) is 1. The molecule has 1 saturated carbocycles. The van der Waals surface area contributed by atoms with Gasteiger partial charge in [-0.25, -0.2) is 0 Å². The Morgan fingerprint density at radius 3 is 2.73 bits per heavy atom. The van der Waals surface area contributed by atoms with Crippen LogP contribution >= 0.6 is 0 Å². The van der Waals surface area contributed by atoms with Crippen molar-refractivity contribution in [2.45, 2.75) is 25.4 Å². The van der Waals surface area contributed by atoms with Crippen LogP contribution < -0.4 is 0 Å². The Hall–Kier alpha value is -0.0800. The molecule has 1 N–H and O–H groups in total. The van der Waals surface area contributed by atoms with E-state index in [1.807, 2.05) is 0 Å². The lowest BCUT2D eigenvalue weighted by atomic mass is 9.80. The van der Waals surface area contributed by atoms with E-state index in [-0.39, 0.29) is 6.10 Å². The van der Waals surface area contributed by atoms with Crippen LogP contribution in [0.15, 0.2) is 0 Å². The van der Waals surface area contributed by atoms with Crippen molar-refractivity contribution >= 4 is 0 Å². The first-order valence-electron chi connectivity index (χ1n) is 4.62. The van der Waals surface area contributed by atoms with Gasteiger partial charge in [-0.3, -0.25) is 0 Å². The highest BCUT2D eigenvalue weighted by Crippen LogP contribution is 2.35. The summed E-state index contributed by atoms with van der Waals surface area (Å²) in [7, 11) is 2.19. The Balaban J connectivity index is 1.97. The summed E-state index contributed by atoms with van der Waals surface area (Å²) in [4.78, 5) is 2.40. The van der Waals surface area contributed by atoms with Gasteiger partial charge in [-0.1, -0.05) is 0 Å². The van der Waals surface area contributed by atoms with Gasteiger partial charge in [0, 0.05) is 13.1 Å². The standard InChI is InChI=1S/C9H17NO/c1-10-5-7-2-3-9(11)4-8(7)6-10/h7-9,11H,2-6H2,1H3/t7-,8-,9+/m0/s1. The second-order valence-electron chi connectivity index (χ2n) is 4.21. The van der Waals surface area contributed by atoms with Crippen molar-refractivity contribution in [3.8, 4) is 0 Å². The van der Waals surface area contributed by atoms with Gasteiger partial charge in [0.25, 0.3) is 0 Å². The fourth-order valence-electron chi connectivity index (χ4n) is 2.64. The van der Waals surface area contributed by atoms with Gasteiger partial charge in [-0.2, -0.15) is 0 Å². The minimum Gasteiger partial charge on any atom is -0.393 e. The predicted molar refractivity (Wildman–Crippen MR) is 44.3 cm³/mol. The third kappa shape index (κ3) is 1.42. The molecule has 0 aromatic heterocycles. The number of hydrogen-bond acceptors (Lipinski definition) is 2. The van der Waals surface area contributed by atoms with Gasteiger partial charge < -0.3 is 10.0 Å². The smallest absolute Gasteiger partial charge is 0.0543 e. The van der Waals surface area contributed by atoms with E-state index in [0.29, 0.717) is 0 Å². The normalized spacial score (nSPS) is 45.8. The fourth-order valence-corrected chi connectivity index (χ4v) is 2.64. The molecule has 1 heterocycles. The summed E-state index contributed by atoms with van der Waals surface area (Å²) in [5.74, 6) is 1.69. The molecule has 2 aliphatic rings. The van der Waals surface area contributed by atoms with Crippen molar-refractivity contribution in [3.63, 3.8) is 0 Å². The number of likely N-dealkylation sites (tertiary alicyclic amines) is 1. The summed E-state index contributed by atoms with van der Waals surface area (Å²) >= 11 is 0. The molecule has 3 atom stereocenters. The summed E-state index contributed by atoms with van der Waals surface area (Å²) in [5.41, 5.74) is 0. The van der Waals surface area contributed by atoms with Gasteiger partial charge in [0.15, 0.2) is 0 Å². The molecule has 2 fully saturated rings. The molecule has 11 heavy (non-hydrogen) atoms. The molecule has 0 aromatic carbocycles. The molecule has 1 saturated heterocycles. The Kier molecular flexibility index (Phi) is 1.90. The van der Waals surface area contributed by atoms with Crippen molar-refractivity contribution in [2.75, 3.05) is 20.1 Å². The van der Waals surface area contributed by atoms with Crippen LogP contribution in [0.5, 0.6) is 0 Å². The van der Waals surface area contributed by atoms with E-state index >= 15 is 0 Å². The first kappa shape index (κ1) is 7.56. The molecule has 1 aliphatic carbocycles. The maximum Gasteiger partial charge on any atom is 0.0543 e. The zero-order valence-corrected chi connectivity index (χ0v) is 7.16. The minimum atomic E-state index is 0.00255. The van der Waals surface area contributed by atoms with Crippen LogP contribution in [0.3, 0.4) is 0 Å². The Bertz CT molecular complexity index is 148. The van der Waals surface area contributed by atoms with Gasteiger partial charge in [0.05, 0.1) is 6.10 Å². The van der Waals surface area contributed by atoms with E-state index in [9.17, 15) is 5.11 Å². The molecule has 0 amide bonds. The van der Waals surface area contributed by atoms with Crippen LogP contribution in [0.4, 0.5) is 0 Å². The molecule has 0 radical (unpaired) electrons. The van der Waals surface area contributed by atoms with Crippen molar-refractivity contribution in [1.29, 1.82) is 0 Å². The maximum absolute atomic E-state index is 9.42. The second-order valence-corrected chi connectivity index (χ2v) is 4.21. The molecular formula is C9H17NO. The zero-order valence-electron chi connectivity index (χ0n) is 7.16. The summed E-state index contributed by atoms with van der Waals surface area (Å²) in [6.07, 6.45) is 3.34. The average Bonchev–Trinajstić information content (AvgIpc) is 2.27. The van der Waals surface area contributed by atoms with E-state index in [4.69, 9.17) is 0 Å². The van der Waals surface area contributed by atoms with E-state index < -0.39 is 0 Å². The maximum atomic E-state index is 9.42. The molecule has 2 nitrogen and oxygen atoms in total. The molecule has 0 spiro atoms. The third-order valence-electron chi connectivity index (χ3n) is 3.20.